The summed E-state index contributed by atoms with van der Waals surface area (Å²) in [6.07, 6.45) is 0. The second-order valence-electron chi connectivity index (χ2n) is 3.30. The van der Waals surface area contributed by atoms with Crippen molar-refractivity contribution in [1.29, 1.82) is 0 Å². The van der Waals surface area contributed by atoms with Gasteiger partial charge < -0.3 is 5.73 Å². The van der Waals surface area contributed by atoms with Gasteiger partial charge >= 0.3 is 0 Å². The fourth-order valence-corrected chi connectivity index (χ4v) is 2.42. The number of hydrogen-bond donors (Lipinski definition) is 1. The molecule has 0 unspecified atom stereocenters. The third kappa shape index (κ3) is 3.59. The van der Waals surface area contributed by atoms with Crippen molar-refractivity contribution in [3.05, 3.63) is 39.9 Å². The molecule has 0 fully saturated rings. The molecule has 1 aromatic rings. The SMILES string of the molecule is NCCS(=O)(=O)Cc1ccc([N+](=O)[O-])cc1. The summed E-state index contributed by atoms with van der Waals surface area (Å²) in [7, 11) is -3.21. The molecule has 0 radical (unpaired) electrons. The number of non-ortho nitro benzene ring substituents is 1. The second-order valence-corrected chi connectivity index (χ2v) is 5.49. The maximum Gasteiger partial charge on any atom is 0.269 e. The molecule has 0 heterocycles. The zero-order valence-corrected chi connectivity index (χ0v) is 9.31. The first kappa shape index (κ1) is 12.6. The van der Waals surface area contributed by atoms with Gasteiger partial charge in [0.25, 0.3) is 5.69 Å². The minimum absolute atomic E-state index is 0.0556. The van der Waals surface area contributed by atoms with Crippen molar-refractivity contribution in [3.63, 3.8) is 0 Å². The lowest BCUT2D eigenvalue weighted by atomic mass is 10.2. The van der Waals surface area contributed by atoms with Crippen LogP contribution in [-0.4, -0.2) is 25.6 Å². The van der Waals surface area contributed by atoms with Crippen molar-refractivity contribution in [2.45, 2.75) is 5.75 Å². The number of nitro benzene ring substituents is 1. The first-order valence-corrected chi connectivity index (χ1v) is 6.40. The molecule has 0 bridgehead atoms. The summed E-state index contributed by atoms with van der Waals surface area (Å²) in [4.78, 5) is 9.84. The van der Waals surface area contributed by atoms with Crippen LogP contribution in [0.25, 0.3) is 0 Å². The second kappa shape index (κ2) is 5.04. The van der Waals surface area contributed by atoms with Crippen LogP contribution in [-0.2, 0) is 15.6 Å². The van der Waals surface area contributed by atoms with E-state index < -0.39 is 14.8 Å². The molecule has 1 aromatic carbocycles. The number of nitrogens with two attached hydrogens (primary N) is 1. The molecule has 7 heteroatoms. The zero-order chi connectivity index (χ0) is 12.2. The lowest BCUT2D eigenvalue weighted by Crippen LogP contribution is -2.17. The van der Waals surface area contributed by atoms with Crippen molar-refractivity contribution in [2.24, 2.45) is 5.73 Å². The third-order valence-corrected chi connectivity index (χ3v) is 3.59. The van der Waals surface area contributed by atoms with Gasteiger partial charge in [0.05, 0.1) is 16.4 Å². The Bertz CT molecular complexity index is 467. The maximum absolute atomic E-state index is 11.4. The van der Waals surface area contributed by atoms with E-state index in [0.717, 1.165) is 0 Å². The van der Waals surface area contributed by atoms with E-state index in [9.17, 15) is 18.5 Å². The Morgan fingerprint density at radius 1 is 1.25 bits per heavy atom. The summed E-state index contributed by atoms with van der Waals surface area (Å²) in [5.41, 5.74) is 5.63. The summed E-state index contributed by atoms with van der Waals surface area (Å²) in [5.74, 6) is -0.216. The van der Waals surface area contributed by atoms with Crippen LogP contribution in [0.15, 0.2) is 24.3 Å². The molecular weight excluding hydrogens is 232 g/mol. The Morgan fingerprint density at radius 3 is 2.25 bits per heavy atom. The predicted molar refractivity (Wildman–Crippen MR) is 59.6 cm³/mol. The molecule has 0 saturated heterocycles. The average Bonchev–Trinajstić information content (AvgIpc) is 2.17. The van der Waals surface area contributed by atoms with Gasteiger partial charge in [-0.25, -0.2) is 8.42 Å². The fraction of sp³-hybridized carbons (Fsp3) is 0.333. The molecule has 0 aliphatic carbocycles. The van der Waals surface area contributed by atoms with Crippen LogP contribution < -0.4 is 5.73 Å². The normalized spacial score (nSPS) is 11.3. The first-order valence-electron chi connectivity index (χ1n) is 4.58. The number of hydrogen-bond acceptors (Lipinski definition) is 5. The smallest absolute Gasteiger partial charge is 0.269 e. The Morgan fingerprint density at radius 2 is 1.81 bits per heavy atom. The van der Waals surface area contributed by atoms with Crippen LogP contribution in [0, 0.1) is 10.1 Å². The van der Waals surface area contributed by atoms with Gasteiger partial charge in [0, 0.05) is 18.7 Å². The molecule has 88 valence electrons. The van der Waals surface area contributed by atoms with Gasteiger partial charge in [-0.3, -0.25) is 10.1 Å². The van der Waals surface area contributed by atoms with E-state index in [0.29, 0.717) is 5.56 Å². The number of benzene rings is 1. The van der Waals surface area contributed by atoms with E-state index in [-0.39, 0.29) is 23.7 Å². The first-order chi connectivity index (χ1) is 7.44. The van der Waals surface area contributed by atoms with Gasteiger partial charge in [0.1, 0.15) is 0 Å². The van der Waals surface area contributed by atoms with Crippen molar-refractivity contribution in [1.82, 2.24) is 0 Å². The molecule has 0 aromatic heterocycles. The molecule has 0 spiro atoms. The topological polar surface area (TPSA) is 103 Å². The minimum Gasteiger partial charge on any atom is -0.329 e. The van der Waals surface area contributed by atoms with E-state index in [1.807, 2.05) is 0 Å². The van der Waals surface area contributed by atoms with Crippen molar-refractivity contribution in [2.75, 3.05) is 12.3 Å². The molecule has 1 rings (SSSR count). The summed E-state index contributed by atoms with van der Waals surface area (Å²) in [5, 5.41) is 10.4. The zero-order valence-electron chi connectivity index (χ0n) is 8.50. The van der Waals surface area contributed by atoms with Crippen LogP contribution in [0.1, 0.15) is 5.56 Å². The van der Waals surface area contributed by atoms with Gasteiger partial charge in [-0.15, -0.1) is 0 Å². The predicted octanol–water partition coefficient (Wildman–Crippen LogP) is 0.468. The number of nitro groups is 1. The maximum atomic E-state index is 11.4. The minimum atomic E-state index is -3.21. The highest BCUT2D eigenvalue weighted by Crippen LogP contribution is 2.13. The molecule has 0 aliphatic heterocycles. The highest BCUT2D eigenvalue weighted by atomic mass is 32.2. The van der Waals surface area contributed by atoms with E-state index in [1.54, 1.807) is 0 Å². The van der Waals surface area contributed by atoms with Crippen molar-refractivity contribution >= 4 is 15.5 Å². The summed E-state index contributed by atoms with van der Waals surface area (Å²) >= 11 is 0. The summed E-state index contributed by atoms with van der Waals surface area (Å²) < 4.78 is 22.8. The highest BCUT2D eigenvalue weighted by molar-refractivity contribution is 7.90. The molecule has 0 atom stereocenters. The monoisotopic (exact) mass is 244 g/mol. The van der Waals surface area contributed by atoms with Gasteiger partial charge in [0.15, 0.2) is 9.84 Å². The number of sulfone groups is 1. The Kier molecular flexibility index (Phi) is 3.97. The van der Waals surface area contributed by atoms with Crippen molar-refractivity contribution < 1.29 is 13.3 Å². The van der Waals surface area contributed by atoms with Crippen LogP contribution in [0.2, 0.25) is 0 Å². The summed E-state index contributed by atoms with van der Waals surface area (Å²) in [6.45, 7) is 0.0787. The molecular formula is C9H12N2O4S. The average molecular weight is 244 g/mol. The lowest BCUT2D eigenvalue weighted by Gasteiger charge is -2.02. The Labute approximate surface area is 93.1 Å². The molecule has 6 nitrogen and oxygen atoms in total. The van der Waals surface area contributed by atoms with Gasteiger partial charge in [-0.2, -0.15) is 0 Å². The van der Waals surface area contributed by atoms with E-state index >= 15 is 0 Å². The van der Waals surface area contributed by atoms with Crippen LogP contribution >= 0.6 is 0 Å². The van der Waals surface area contributed by atoms with E-state index in [1.165, 1.54) is 24.3 Å². The van der Waals surface area contributed by atoms with Crippen LogP contribution in [0.3, 0.4) is 0 Å². The Balaban J connectivity index is 2.80. The molecule has 2 N–H and O–H groups in total. The molecule has 0 amide bonds. The van der Waals surface area contributed by atoms with Crippen molar-refractivity contribution in [3.8, 4) is 0 Å². The highest BCUT2D eigenvalue weighted by Gasteiger charge is 2.12. The molecule has 16 heavy (non-hydrogen) atoms. The van der Waals surface area contributed by atoms with Gasteiger partial charge in [-0.05, 0) is 5.56 Å². The van der Waals surface area contributed by atoms with E-state index in [4.69, 9.17) is 5.73 Å². The lowest BCUT2D eigenvalue weighted by molar-refractivity contribution is -0.384. The van der Waals surface area contributed by atoms with Gasteiger partial charge in [-0.1, -0.05) is 12.1 Å². The van der Waals surface area contributed by atoms with Crippen LogP contribution in [0.4, 0.5) is 5.69 Å². The Hall–Kier alpha value is -1.47. The van der Waals surface area contributed by atoms with E-state index in [2.05, 4.69) is 0 Å². The summed E-state index contributed by atoms with van der Waals surface area (Å²) in [6, 6.07) is 5.44. The number of rotatable bonds is 5. The third-order valence-electron chi connectivity index (χ3n) is 1.96. The molecule has 0 aliphatic rings. The molecule has 0 saturated carbocycles. The van der Waals surface area contributed by atoms with Crippen LogP contribution in [0.5, 0.6) is 0 Å². The quantitative estimate of drug-likeness (QED) is 0.599. The number of nitrogens with zero attached hydrogens (tertiary/aromatic N) is 1. The largest absolute Gasteiger partial charge is 0.329 e. The standard InChI is InChI=1S/C9H12N2O4S/c10-5-6-16(14,15)7-8-1-3-9(4-2-8)11(12)13/h1-4H,5-7,10H2. The van der Waals surface area contributed by atoms with Gasteiger partial charge in [0.2, 0.25) is 0 Å². The fourth-order valence-electron chi connectivity index (χ4n) is 1.22.